The maximum absolute atomic E-state index is 14.2. The average molecular weight is 663 g/mol. The van der Waals surface area contributed by atoms with E-state index in [2.05, 4.69) is 119 Å². The quantitative estimate of drug-likeness (QED) is 0.184. The second-order valence-corrected chi connectivity index (χ2v) is 14.8. The molecule has 8 aromatic carbocycles. The molecule has 5 nitrogen and oxygen atoms in total. The fraction of sp³-hybridized carbons (Fsp3) is 0. The number of sulfone groups is 1. The molecule has 0 aromatic heterocycles. The molecular weight excluding hydrogens is 637 g/mol. The summed E-state index contributed by atoms with van der Waals surface area (Å²) in [5.41, 5.74) is 10.4. The lowest BCUT2D eigenvalue weighted by Gasteiger charge is -2.34. The third kappa shape index (κ3) is 3.63. The van der Waals surface area contributed by atoms with Gasteiger partial charge in [-0.3, -0.25) is 0 Å². The van der Waals surface area contributed by atoms with Crippen molar-refractivity contribution >= 4 is 65.5 Å². The second-order valence-electron chi connectivity index (χ2n) is 12.9. The van der Waals surface area contributed by atoms with Crippen molar-refractivity contribution in [1.82, 2.24) is 0 Å². The van der Waals surface area contributed by atoms with Gasteiger partial charge in [0, 0.05) is 45.4 Å². The summed E-state index contributed by atoms with van der Waals surface area (Å²) in [5.74, 6) is 0.615. The molecule has 0 aliphatic carbocycles. The molecule has 0 fully saturated rings. The molecule has 236 valence electrons. The molecule has 0 radical (unpaired) electrons. The number of rotatable bonds is 2. The number of hydrogen-bond acceptors (Lipinski definition) is 5. The van der Waals surface area contributed by atoms with Gasteiger partial charge in [0.05, 0.1) is 22.7 Å². The first-order valence-corrected chi connectivity index (χ1v) is 18.1. The van der Waals surface area contributed by atoms with E-state index in [4.69, 9.17) is 4.74 Å². The zero-order chi connectivity index (χ0) is 33.1. The van der Waals surface area contributed by atoms with Crippen LogP contribution in [0.2, 0.25) is 0 Å². The number of fused-ring (bicyclic) bond motifs is 6. The van der Waals surface area contributed by atoms with Crippen molar-refractivity contribution in [2.24, 2.45) is 0 Å². The molecule has 11 rings (SSSR count). The normalized spacial score (nSPS) is 14.4. The molecule has 50 heavy (non-hydrogen) atoms. The molecule has 8 aromatic rings. The van der Waals surface area contributed by atoms with Gasteiger partial charge >= 0.3 is 0 Å². The number of anilines is 6. The Morgan fingerprint density at radius 2 is 0.800 bits per heavy atom. The van der Waals surface area contributed by atoms with E-state index >= 15 is 0 Å². The van der Waals surface area contributed by atoms with Gasteiger partial charge in [0.25, 0.3) is 0 Å². The van der Waals surface area contributed by atoms with Crippen LogP contribution in [-0.4, -0.2) is 8.42 Å². The summed E-state index contributed by atoms with van der Waals surface area (Å²) in [6, 6.07) is 52.9. The van der Waals surface area contributed by atoms with E-state index in [1.54, 1.807) is 12.1 Å². The van der Waals surface area contributed by atoms with Crippen LogP contribution in [0.25, 0.3) is 43.8 Å². The third-order valence-electron chi connectivity index (χ3n) is 10.3. The van der Waals surface area contributed by atoms with Gasteiger partial charge in [0.1, 0.15) is 21.3 Å². The number of ether oxygens (including phenoxy) is 1. The first-order chi connectivity index (χ1) is 24.6. The topological polar surface area (TPSA) is 49.9 Å². The summed E-state index contributed by atoms with van der Waals surface area (Å²) in [4.78, 5) is 4.73. The Morgan fingerprint density at radius 3 is 1.28 bits per heavy atom. The lowest BCUT2D eigenvalue weighted by Crippen LogP contribution is -2.17. The van der Waals surface area contributed by atoms with Gasteiger partial charge in [-0.2, -0.15) is 0 Å². The van der Waals surface area contributed by atoms with Gasteiger partial charge in [-0.05, 0) is 70.4 Å². The molecule has 6 heteroatoms. The minimum Gasteiger partial charge on any atom is -0.454 e. The maximum Gasteiger partial charge on any atom is 0.213 e. The van der Waals surface area contributed by atoms with Gasteiger partial charge in [-0.15, -0.1) is 0 Å². The highest BCUT2D eigenvalue weighted by Crippen LogP contribution is 2.55. The second kappa shape index (κ2) is 9.84. The van der Waals surface area contributed by atoms with Crippen molar-refractivity contribution < 1.29 is 13.2 Å². The van der Waals surface area contributed by atoms with Crippen molar-refractivity contribution in [2.75, 3.05) is 9.80 Å². The van der Waals surface area contributed by atoms with Crippen molar-refractivity contribution in [1.29, 1.82) is 0 Å². The zero-order valence-corrected chi connectivity index (χ0v) is 27.4. The van der Waals surface area contributed by atoms with E-state index in [-0.39, 0.29) is 9.79 Å². The van der Waals surface area contributed by atoms with E-state index in [1.807, 2.05) is 36.4 Å². The third-order valence-corrected chi connectivity index (χ3v) is 12.1. The minimum atomic E-state index is -3.86. The highest BCUT2D eigenvalue weighted by Gasteiger charge is 2.35. The lowest BCUT2D eigenvalue weighted by atomic mass is 9.91. The SMILES string of the molecule is O=S1(=O)c2ccc(N3c4ccccc4-c4cccc5cccc3c45)cc2Oc2cc(N3c4ccccc4-c4cccc5cccc3c45)ccc21. The lowest BCUT2D eigenvalue weighted by molar-refractivity contribution is 0.443. The van der Waals surface area contributed by atoms with Gasteiger partial charge in [-0.25, -0.2) is 8.42 Å². The number of nitrogens with zero attached hydrogens (tertiary/aromatic N) is 2. The molecule has 0 saturated carbocycles. The van der Waals surface area contributed by atoms with Crippen LogP contribution in [0.4, 0.5) is 34.1 Å². The smallest absolute Gasteiger partial charge is 0.213 e. The average Bonchev–Trinajstić information content (AvgIpc) is 3.15. The zero-order valence-electron chi connectivity index (χ0n) is 26.5. The van der Waals surface area contributed by atoms with E-state index in [0.29, 0.717) is 11.5 Å². The van der Waals surface area contributed by atoms with Crippen LogP contribution >= 0.6 is 0 Å². The van der Waals surface area contributed by atoms with Gasteiger partial charge in [0.15, 0.2) is 0 Å². The molecule has 0 bridgehead atoms. The molecule has 0 amide bonds. The minimum absolute atomic E-state index is 0.160. The first-order valence-electron chi connectivity index (χ1n) is 16.6. The Bertz CT molecular complexity index is 2700. The first kappa shape index (κ1) is 27.6. The summed E-state index contributed by atoms with van der Waals surface area (Å²) in [5, 5.41) is 4.62. The predicted molar refractivity (Wildman–Crippen MR) is 201 cm³/mol. The maximum atomic E-state index is 14.2. The van der Waals surface area contributed by atoms with Crippen LogP contribution in [0.3, 0.4) is 0 Å². The van der Waals surface area contributed by atoms with E-state index in [1.165, 1.54) is 11.1 Å². The highest BCUT2D eigenvalue weighted by molar-refractivity contribution is 7.91. The van der Waals surface area contributed by atoms with Gasteiger partial charge < -0.3 is 14.5 Å². The molecule has 0 N–H and O–H groups in total. The Hall–Kier alpha value is -6.37. The summed E-state index contributed by atoms with van der Waals surface area (Å²) in [6.45, 7) is 0. The number of para-hydroxylation sites is 2. The van der Waals surface area contributed by atoms with Crippen molar-refractivity contribution in [3.63, 3.8) is 0 Å². The van der Waals surface area contributed by atoms with Crippen LogP contribution in [-0.2, 0) is 9.84 Å². The Balaban J connectivity index is 1.07. The predicted octanol–water partition coefficient (Wildman–Crippen LogP) is 11.8. The fourth-order valence-corrected chi connectivity index (χ4v) is 9.65. The van der Waals surface area contributed by atoms with Gasteiger partial charge in [0.2, 0.25) is 9.84 Å². The van der Waals surface area contributed by atoms with E-state index < -0.39 is 9.84 Å². The molecule has 0 unspecified atom stereocenters. The number of benzene rings is 8. The molecule has 3 aliphatic heterocycles. The highest BCUT2D eigenvalue weighted by atomic mass is 32.2. The summed E-state index contributed by atoms with van der Waals surface area (Å²) in [6.07, 6.45) is 0. The largest absolute Gasteiger partial charge is 0.454 e. The van der Waals surface area contributed by atoms with Crippen molar-refractivity contribution in [2.45, 2.75) is 9.79 Å². The van der Waals surface area contributed by atoms with Crippen molar-refractivity contribution in [3.8, 4) is 33.8 Å². The van der Waals surface area contributed by atoms with Crippen molar-refractivity contribution in [3.05, 3.63) is 158 Å². The Morgan fingerprint density at radius 1 is 0.400 bits per heavy atom. The van der Waals surface area contributed by atoms with Gasteiger partial charge in [-0.1, -0.05) is 97.1 Å². The molecule has 0 saturated heterocycles. The van der Waals surface area contributed by atoms with Crippen LogP contribution in [0.15, 0.2) is 168 Å². The molecule has 3 aliphatic rings. The van der Waals surface area contributed by atoms with E-state index in [9.17, 15) is 8.42 Å². The van der Waals surface area contributed by atoms with Crippen LogP contribution < -0.4 is 14.5 Å². The van der Waals surface area contributed by atoms with Crippen LogP contribution in [0.5, 0.6) is 11.5 Å². The molecule has 0 spiro atoms. The summed E-state index contributed by atoms with van der Waals surface area (Å²) >= 11 is 0. The van der Waals surface area contributed by atoms with Crippen LogP contribution in [0.1, 0.15) is 0 Å². The fourth-order valence-electron chi connectivity index (χ4n) is 8.18. The molecule has 0 atom stereocenters. The molecule has 3 heterocycles. The summed E-state index contributed by atoms with van der Waals surface area (Å²) < 4.78 is 35.0. The molecular formula is C44H26N2O3S. The van der Waals surface area contributed by atoms with Crippen LogP contribution in [0, 0.1) is 0 Å². The van der Waals surface area contributed by atoms with E-state index in [0.717, 1.165) is 66.8 Å². The summed E-state index contributed by atoms with van der Waals surface area (Å²) in [7, 11) is -3.86. The monoisotopic (exact) mass is 662 g/mol. The Kier molecular flexibility index (Phi) is 5.43. The standard InChI is InChI=1S/C44H26N2O3S/c47-50(48)41-23-21-29(45-35-17-3-1-13-31(35)33-15-5-9-27-11-7-19-37(45)43(27)33)25-39(41)49-40-26-30(22-24-42(40)50)46-36-18-4-2-14-32(36)34-16-6-10-28-12-8-20-38(46)44(28)34/h1-26H. The Labute approximate surface area is 288 Å². The number of hydrogen-bond donors (Lipinski definition) is 0.